The normalized spacial score (nSPS) is 10.1. The van der Waals surface area contributed by atoms with E-state index < -0.39 is 0 Å². The van der Waals surface area contributed by atoms with Crippen LogP contribution < -0.4 is 24.8 Å². The first-order valence-corrected chi connectivity index (χ1v) is 10.8. The highest BCUT2D eigenvalue weighted by Gasteiger charge is 2.14. The average Bonchev–Trinajstić information content (AvgIpc) is 2.82. The largest absolute Gasteiger partial charge is 0.490 e. The van der Waals surface area contributed by atoms with E-state index in [0.717, 1.165) is 11.3 Å². The highest BCUT2D eigenvalue weighted by molar-refractivity contribution is 7.80. The van der Waals surface area contributed by atoms with Crippen molar-refractivity contribution in [2.24, 2.45) is 0 Å². The van der Waals surface area contributed by atoms with Gasteiger partial charge < -0.3 is 19.5 Å². The second-order valence-corrected chi connectivity index (χ2v) is 7.56. The van der Waals surface area contributed by atoms with Crippen molar-refractivity contribution in [2.45, 2.75) is 6.92 Å². The summed E-state index contributed by atoms with van der Waals surface area (Å²) in [5.74, 6) is 1.43. The lowest BCUT2D eigenvalue weighted by Gasteiger charge is -2.15. The molecule has 7 heteroatoms. The number of para-hydroxylation sites is 4. The molecule has 0 fully saturated rings. The van der Waals surface area contributed by atoms with Gasteiger partial charge in [-0.05, 0) is 61.1 Å². The van der Waals surface area contributed by atoms with E-state index in [4.69, 9.17) is 26.4 Å². The molecular weight excluding hydrogens is 436 g/mol. The number of anilines is 1. The monoisotopic (exact) mass is 462 g/mol. The second-order valence-electron chi connectivity index (χ2n) is 7.16. The molecule has 3 aromatic carbocycles. The Hall–Kier alpha value is -3.84. The number of amides is 1. The van der Waals surface area contributed by atoms with Gasteiger partial charge in [0.25, 0.3) is 5.91 Å². The first-order valence-electron chi connectivity index (χ1n) is 10.4. The van der Waals surface area contributed by atoms with E-state index in [1.807, 2.05) is 61.5 Å². The predicted octanol–water partition coefficient (Wildman–Crippen LogP) is 5.23. The van der Waals surface area contributed by atoms with Crippen LogP contribution >= 0.6 is 12.2 Å². The number of carbonyl (C=O) groups excluding carboxylic acids is 1. The molecule has 0 bridgehead atoms. The van der Waals surface area contributed by atoms with Crippen molar-refractivity contribution in [1.29, 1.82) is 0 Å². The van der Waals surface area contributed by atoms with E-state index in [-0.39, 0.29) is 17.6 Å². The summed E-state index contributed by atoms with van der Waals surface area (Å²) in [6.07, 6.45) is 0. The number of benzene rings is 3. The molecule has 6 nitrogen and oxygen atoms in total. The highest BCUT2D eigenvalue weighted by atomic mass is 32.1. The van der Waals surface area contributed by atoms with Gasteiger partial charge in [0.1, 0.15) is 37.1 Å². The van der Waals surface area contributed by atoms with Crippen molar-refractivity contribution in [3.05, 3.63) is 96.6 Å². The van der Waals surface area contributed by atoms with E-state index in [9.17, 15) is 4.79 Å². The SMILES string of the molecule is C=C(C)COc1ccccc1NC(=S)NC(=O)c1ccccc1OCCOc1ccccc1. The van der Waals surface area contributed by atoms with E-state index >= 15 is 0 Å². The molecule has 0 aliphatic heterocycles. The molecule has 33 heavy (non-hydrogen) atoms. The molecule has 0 radical (unpaired) electrons. The fraction of sp³-hybridized carbons (Fsp3) is 0.154. The van der Waals surface area contributed by atoms with Crippen LogP contribution in [0.15, 0.2) is 91.0 Å². The van der Waals surface area contributed by atoms with Gasteiger partial charge in [0.05, 0.1) is 11.3 Å². The van der Waals surface area contributed by atoms with Crippen LogP contribution in [0.1, 0.15) is 17.3 Å². The summed E-state index contributed by atoms with van der Waals surface area (Å²) in [6.45, 7) is 6.74. The molecule has 0 saturated carbocycles. The average molecular weight is 463 g/mol. The molecule has 0 aliphatic rings. The fourth-order valence-corrected chi connectivity index (χ4v) is 3.03. The van der Waals surface area contributed by atoms with Crippen LogP contribution in [0, 0.1) is 0 Å². The van der Waals surface area contributed by atoms with Crippen LogP contribution in [0.2, 0.25) is 0 Å². The number of thiocarbonyl (C=S) groups is 1. The summed E-state index contributed by atoms with van der Waals surface area (Å²) in [5.41, 5.74) is 1.91. The van der Waals surface area contributed by atoms with Crippen LogP contribution in [0.4, 0.5) is 5.69 Å². The topological polar surface area (TPSA) is 68.8 Å². The number of ether oxygens (including phenoxy) is 3. The zero-order chi connectivity index (χ0) is 23.5. The van der Waals surface area contributed by atoms with Crippen LogP contribution in [0.3, 0.4) is 0 Å². The molecule has 0 aliphatic carbocycles. The van der Waals surface area contributed by atoms with Gasteiger partial charge in [0, 0.05) is 0 Å². The summed E-state index contributed by atoms with van der Waals surface area (Å²) in [5, 5.41) is 5.85. The summed E-state index contributed by atoms with van der Waals surface area (Å²) in [7, 11) is 0. The molecule has 170 valence electrons. The Morgan fingerprint density at radius 3 is 2.24 bits per heavy atom. The lowest BCUT2D eigenvalue weighted by Crippen LogP contribution is -2.34. The fourth-order valence-electron chi connectivity index (χ4n) is 2.83. The molecule has 0 atom stereocenters. The number of nitrogens with one attached hydrogen (secondary N) is 2. The van der Waals surface area contributed by atoms with E-state index in [0.29, 0.717) is 36.0 Å². The third-order valence-corrected chi connectivity index (χ3v) is 4.53. The van der Waals surface area contributed by atoms with Gasteiger partial charge in [-0.2, -0.15) is 0 Å². The Labute approximate surface area is 199 Å². The second kappa shape index (κ2) is 12.3. The molecule has 0 heterocycles. The van der Waals surface area contributed by atoms with Gasteiger partial charge in [0.15, 0.2) is 5.11 Å². The minimum Gasteiger partial charge on any atom is -0.490 e. The molecule has 0 unspecified atom stereocenters. The van der Waals surface area contributed by atoms with Crippen molar-refractivity contribution >= 4 is 28.9 Å². The third kappa shape index (κ3) is 7.66. The Balaban J connectivity index is 1.56. The van der Waals surface area contributed by atoms with Gasteiger partial charge in [-0.1, -0.05) is 49.0 Å². The maximum Gasteiger partial charge on any atom is 0.261 e. The van der Waals surface area contributed by atoms with Crippen LogP contribution in [0.25, 0.3) is 0 Å². The van der Waals surface area contributed by atoms with E-state index in [1.165, 1.54) is 0 Å². The van der Waals surface area contributed by atoms with Crippen molar-refractivity contribution < 1.29 is 19.0 Å². The van der Waals surface area contributed by atoms with Crippen molar-refractivity contribution in [1.82, 2.24) is 5.32 Å². The zero-order valence-electron chi connectivity index (χ0n) is 18.4. The summed E-state index contributed by atoms with van der Waals surface area (Å²) >= 11 is 5.33. The summed E-state index contributed by atoms with van der Waals surface area (Å²) in [4.78, 5) is 12.8. The molecule has 2 N–H and O–H groups in total. The first-order chi connectivity index (χ1) is 16.0. The standard InChI is InChI=1S/C26H26N2O4S/c1-19(2)18-32-24-15-9-7-13-22(24)27-26(33)28-25(29)21-12-6-8-14-23(21)31-17-16-30-20-10-4-3-5-11-20/h3-15H,1,16-18H2,2H3,(H2,27,28,29,33). The van der Waals surface area contributed by atoms with Gasteiger partial charge >= 0.3 is 0 Å². The van der Waals surface area contributed by atoms with Gasteiger partial charge in [-0.15, -0.1) is 0 Å². The lowest BCUT2D eigenvalue weighted by atomic mass is 10.2. The van der Waals surface area contributed by atoms with Gasteiger partial charge in [-0.25, -0.2) is 0 Å². The number of hydrogen-bond donors (Lipinski definition) is 2. The van der Waals surface area contributed by atoms with E-state index in [1.54, 1.807) is 24.3 Å². The molecular formula is C26H26N2O4S. The number of hydrogen-bond acceptors (Lipinski definition) is 5. The van der Waals surface area contributed by atoms with E-state index in [2.05, 4.69) is 17.2 Å². The molecule has 3 rings (SSSR count). The first kappa shape index (κ1) is 23.8. The molecule has 1 amide bonds. The maximum atomic E-state index is 12.8. The Kier molecular flexibility index (Phi) is 8.85. The number of rotatable bonds is 10. The van der Waals surface area contributed by atoms with Crippen LogP contribution in [-0.4, -0.2) is 30.8 Å². The zero-order valence-corrected chi connectivity index (χ0v) is 19.2. The van der Waals surface area contributed by atoms with Crippen LogP contribution in [0.5, 0.6) is 17.2 Å². The molecule has 0 aromatic heterocycles. The molecule has 0 saturated heterocycles. The smallest absolute Gasteiger partial charge is 0.261 e. The maximum absolute atomic E-state index is 12.8. The molecule has 0 spiro atoms. The summed E-state index contributed by atoms with van der Waals surface area (Å²) in [6, 6.07) is 23.8. The molecule has 3 aromatic rings. The Morgan fingerprint density at radius 2 is 1.48 bits per heavy atom. The van der Waals surface area contributed by atoms with Crippen molar-refractivity contribution in [3.63, 3.8) is 0 Å². The number of carbonyl (C=O) groups is 1. The summed E-state index contributed by atoms with van der Waals surface area (Å²) < 4.78 is 17.1. The Bertz CT molecular complexity index is 1100. The quantitative estimate of drug-likeness (QED) is 0.244. The van der Waals surface area contributed by atoms with Crippen LogP contribution in [-0.2, 0) is 0 Å². The Morgan fingerprint density at radius 1 is 0.848 bits per heavy atom. The lowest BCUT2D eigenvalue weighted by molar-refractivity contribution is 0.0972. The predicted molar refractivity (Wildman–Crippen MR) is 134 cm³/mol. The highest BCUT2D eigenvalue weighted by Crippen LogP contribution is 2.24. The van der Waals surface area contributed by atoms with Crippen molar-refractivity contribution in [2.75, 3.05) is 25.1 Å². The minimum absolute atomic E-state index is 0.147. The van der Waals surface area contributed by atoms with Gasteiger partial charge in [0.2, 0.25) is 0 Å². The van der Waals surface area contributed by atoms with Gasteiger partial charge in [-0.3, -0.25) is 10.1 Å². The third-order valence-electron chi connectivity index (χ3n) is 4.32. The van der Waals surface area contributed by atoms with Crippen molar-refractivity contribution in [3.8, 4) is 17.2 Å². The minimum atomic E-state index is -0.382.